The number of hydrogen-bond donors (Lipinski definition) is 1. The maximum atomic E-state index is 12.6. The Balaban J connectivity index is 1.73. The first-order valence-electron chi connectivity index (χ1n) is 7.48. The van der Waals surface area contributed by atoms with Gasteiger partial charge in [-0.2, -0.15) is 0 Å². The second-order valence-electron chi connectivity index (χ2n) is 5.35. The van der Waals surface area contributed by atoms with E-state index in [0.717, 1.165) is 10.6 Å². The van der Waals surface area contributed by atoms with E-state index in [4.69, 9.17) is 9.47 Å². The second kappa shape index (κ2) is 6.97. The lowest BCUT2D eigenvalue weighted by Gasteiger charge is -2.19. The van der Waals surface area contributed by atoms with Crippen LogP contribution in [0.5, 0.6) is 11.5 Å². The summed E-state index contributed by atoms with van der Waals surface area (Å²) in [7, 11) is 1.62. The molecule has 0 fully saturated rings. The van der Waals surface area contributed by atoms with Crippen molar-refractivity contribution in [2.24, 2.45) is 0 Å². The van der Waals surface area contributed by atoms with Crippen LogP contribution < -0.4 is 14.8 Å². The second-order valence-corrected chi connectivity index (χ2v) is 6.76. The first-order valence-corrected chi connectivity index (χ1v) is 8.36. The Hall–Kier alpha value is -2.47. The first kappa shape index (κ1) is 16.4. The van der Waals surface area contributed by atoms with Crippen molar-refractivity contribution in [2.45, 2.75) is 17.1 Å². The molecule has 1 amide bonds. The molecule has 1 N–H and O–H groups in total. The normalized spacial score (nSPS) is 14.2. The molecule has 1 aliphatic heterocycles. The molecule has 24 heavy (non-hydrogen) atoms. The average Bonchev–Trinajstić information content (AvgIpc) is 2.61. The molecule has 1 heterocycles. The van der Waals surface area contributed by atoms with Gasteiger partial charge in [-0.3, -0.25) is 9.59 Å². The summed E-state index contributed by atoms with van der Waals surface area (Å²) in [6, 6.07) is 12.7. The van der Waals surface area contributed by atoms with E-state index in [1.165, 1.54) is 11.8 Å². The van der Waals surface area contributed by atoms with Crippen LogP contribution in [0.4, 0.5) is 5.69 Å². The fraction of sp³-hybridized carbons (Fsp3) is 0.222. The van der Waals surface area contributed by atoms with E-state index >= 15 is 0 Å². The fourth-order valence-corrected chi connectivity index (χ4v) is 3.33. The third-order valence-corrected chi connectivity index (χ3v) is 4.75. The summed E-state index contributed by atoms with van der Waals surface area (Å²) in [4.78, 5) is 25.0. The Bertz CT molecular complexity index is 773. The molecule has 0 aliphatic carbocycles. The SMILES string of the molecule is COc1ccc(S[C@@H](C)C(=O)c2ccc3c(c2)NC(=O)CO3)cc1. The molecule has 2 aromatic rings. The summed E-state index contributed by atoms with van der Waals surface area (Å²) < 4.78 is 10.4. The molecule has 2 aromatic carbocycles. The zero-order valence-electron chi connectivity index (χ0n) is 13.4. The van der Waals surface area contributed by atoms with Crippen LogP contribution in [0.1, 0.15) is 17.3 Å². The lowest BCUT2D eigenvalue weighted by Crippen LogP contribution is -2.25. The number of fused-ring (bicyclic) bond motifs is 1. The number of hydrogen-bond acceptors (Lipinski definition) is 5. The Kier molecular flexibility index (Phi) is 4.76. The summed E-state index contributed by atoms with van der Waals surface area (Å²) in [5.41, 5.74) is 1.09. The molecule has 0 radical (unpaired) electrons. The minimum absolute atomic E-state index is 0.00144. The highest BCUT2D eigenvalue weighted by molar-refractivity contribution is 8.00. The van der Waals surface area contributed by atoms with E-state index in [0.29, 0.717) is 17.0 Å². The molecule has 3 rings (SSSR count). The van der Waals surface area contributed by atoms with Crippen LogP contribution in [-0.4, -0.2) is 30.7 Å². The fourth-order valence-electron chi connectivity index (χ4n) is 2.38. The van der Waals surface area contributed by atoms with Crippen molar-refractivity contribution in [1.82, 2.24) is 0 Å². The molecule has 0 aromatic heterocycles. The predicted molar refractivity (Wildman–Crippen MR) is 93.2 cm³/mol. The van der Waals surface area contributed by atoms with Crippen LogP contribution in [0, 0.1) is 0 Å². The lowest BCUT2D eigenvalue weighted by atomic mass is 10.1. The number of amides is 1. The van der Waals surface area contributed by atoms with E-state index in [9.17, 15) is 9.59 Å². The third kappa shape index (κ3) is 3.54. The molecule has 1 aliphatic rings. The summed E-state index contributed by atoms with van der Waals surface area (Å²) >= 11 is 1.48. The van der Waals surface area contributed by atoms with E-state index in [1.54, 1.807) is 25.3 Å². The number of anilines is 1. The highest BCUT2D eigenvalue weighted by Gasteiger charge is 2.21. The number of nitrogens with one attached hydrogen (secondary N) is 1. The van der Waals surface area contributed by atoms with Crippen molar-refractivity contribution in [3.05, 3.63) is 48.0 Å². The average molecular weight is 343 g/mol. The van der Waals surface area contributed by atoms with Crippen LogP contribution in [0.25, 0.3) is 0 Å². The third-order valence-electron chi connectivity index (χ3n) is 3.64. The Morgan fingerprint density at radius 2 is 2.00 bits per heavy atom. The highest BCUT2D eigenvalue weighted by atomic mass is 32.2. The van der Waals surface area contributed by atoms with Gasteiger partial charge in [-0.15, -0.1) is 11.8 Å². The van der Waals surface area contributed by atoms with Gasteiger partial charge in [0.15, 0.2) is 12.4 Å². The predicted octanol–water partition coefficient (Wildman–Crippen LogP) is 3.39. The largest absolute Gasteiger partial charge is 0.497 e. The van der Waals surface area contributed by atoms with Crippen molar-refractivity contribution < 1.29 is 19.1 Å². The van der Waals surface area contributed by atoms with Gasteiger partial charge in [-0.25, -0.2) is 0 Å². The van der Waals surface area contributed by atoms with Crippen LogP contribution >= 0.6 is 11.8 Å². The molecule has 0 spiro atoms. The number of ether oxygens (including phenoxy) is 2. The van der Waals surface area contributed by atoms with E-state index in [1.807, 2.05) is 31.2 Å². The van der Waals surface area contributed by atoms with Crippen LogP contribution in [0.2, 0.25) is 0 Å². The minimum Gasteiger partial charge on any atom is -0.497 e. The van der Waals surface area contributed by atoms with Gasteiger partial charge in [0, 0.05) is 10.5 Å². The van der Waals surface area contributed by atoms with Gasteiger partial charge in [-0.05, 0) is 49.4 Å². The van der Waals surface area contributed by atoms with Gasteiger partial charge in [0.2, 0.25) is 0 Å². The molecule has 0 bridgehead atoms. The van der Waals surface area contributed by atoms with Crippen molar-refractivity contribution in [2.75, 3.05) is 19.0 Å². The number of Topliss-reactive ketones (excluding diaryl/α,β-unsaturated/α-hetero) is 1. The molecule has 1 atom stereocenters. The van der Waals surface area contributed by atoms with Gasteiger partial charge >= 0.3 is 0 Å². The topological polar surface area (TPSA) is 64.6 Å². The monoisotopic (exact) mass is 343 g/mol. The van der Waals surface area contributed by atoms with Gasteiger partial charge in [0.25, 0.3) is 5.91 Å². The Labute approximate surface area is 144 Å². The minimum atomic E-state index is -0.253. The van der Waals surface area contributed by atoms with Crippen molar-refractivity contribution in [1.29, 1.82) is 0 Å². The zero-order valence-corrected chi connectivity index (χ0v) is 14.2. The van der Waals surface area contributed by atoms with Crippen LogP contribution in [-0.2, 0) is 4.79 Å². The smallest absolute Gasteiger partial charge is 0.262 e. The maximum absolute atomic E-state index is 12.6. The van der Waals surface area contributed by atoms with E-state index in [2.05, 4.69) is 5.32 Å². The number of carbonyl (C=O) groups excluding carboxylic acids is 2. The molecule has 6 heteroatoms. The Morgan fingerprint density at radius 1 is 1.25 bits per heavy atom. The first-order chi connectivity index (χ1) is 11.6. The molecule has 0 saturated carbocycles. The van der Waals surface area contributed by atoms with Crippen LogP contribution in [0.3, 0.4) is 0 Å². The number of methoxy groups -OCH3 is 1. The zero-order chi connectivity index (χ0) is 17.1. The molecule has 5 nitrogen and oxygen atoms in total. The summed E-state index contributed by atoms with van der Waals surface area (Å²) in [5, 5.41) is 2.47. The van der Waals surface area contributed by atoms with E-state index in [-0.39, 0.29) is 23.5 Å². The molecule has 0 saturated heterocycles. The van der Waals surface area contributed by atoms with Gasteiger partial charge in [-0.1, -0.05) is 0 Å². The van der Waals surface area contributed by atoms with E-state index < -0.39 is 0 Å². The highest BCUT2D eigenvalue weighted by Crippen LogP contribution is 2.31. The number of benzene rings is 2. The molecule has 124 valence electrons. The number of carbonyl (C=O) groups is 2. The summed E-state index contributed by atoms with van der Waals surface area (Å²) in [6.07, 6.45) is 0. The molecule has 0 unspecified atom stereocenters. The molecular formula is C18H17NO4S. The number of thioether (sulfide) groups is 1. The summed E-state index contributed by atoms with van der Waals surface area (Å²) in [6.45, 7) is 1.87. The number of rotatable bonds is 5. The lowest BCUT2D eigenvalue weighted by molar-refractivity contribution is -0.118. The van der Waals surface area contributed by atoms with Crippen molar-refractivity contribution in [3.63, 3.8) is 0 Å². The Morgan fingerprint density at radius 3 is 2.71 bits per heavy atom. The van der Waals surface area contributed by atoms with Gasteiger partial charge in [0.05, 0.1) is 18.0 Å². The quantitative estimate of drug-likeness (QED) is 0.666. The van der Waals surface area contributed by atoms with Crippen molar-refractivity contribution in [3.8, 4) is 11.5 Å². The maximum Gasteiger partial charge on any atom is 0.262 e. The van der Waals surface area contributed by atoms with Crippen molar-refractivity contribution >= 4 is 29.1 Å². The van der Waals surface area contributed by atoms with Crippen LogP contribution in [0.15, 0.2) is 47.4 Å². The molecular weight excluding hydrogens is 326 g/mol. The standard InChI is InChI=1S/C18H17NO4S/c1-11(24-14-6-4-13(22-2)5-7-14)18(21)12-3-8-16-15(9-12)19-17(20)10-23-16/h3-9,11H,10H2,1-2H3,(H,19,20)/t11-/m0/s1. The van der Waals surface area contributed by atoms with Gasteiger partial charge < -0.3 is 14.8 Å². The summed E-state index contributed by atoms with van der Waals surface area (Å²) in [5.74, 6) is 1.15. The number of ketones is 1. The van der Waals surface area contributed by atoms with Gasteiger partial charge in [0.1, 0.15) is 11.5 Å².